The number of ketones is 1. The Morgan fingerprint density at radius 3 is 2.82 bits per heavy atom. The van der Waals surface area contributed by atoms with Crippen LogP contribution in [0.5, 0.6) is 5.75 Å². The van der Waals surface area contributed by atoms with Crippen molar-refractivity contribution in [1.29, 1.82) is 0 Å². The summed E-state index contributed by atoms with van der Waals surface area (Å²) < 4.78 is 12.0. The molecule has 0 aliphatic carbocycles. The highest BCUT2D eigenvalue weighted by Crippen LogP contribution is 2.19. The van der Waals surface area contributed by atoms with Crippen molar-refractivity contribution >= 4 is 22.7 Å². The Balaban J connectivity index is 1.54. The van der Waals surface area contributed by atoms with Crippen LogP contribution in [0.1, 0.15) is 33.0 Å². The number of hydrogen-bond donors (Lipinski definition) is 0. The van der Waals surface area contributed by atoms with Gasteiger partial charge in [0.25, 0.3) is 5.56 Å². The number of hydrogen-bond acceptors (Lipinski definition) is 6. The zero-order valence-electron chi connectivity index (χ0n) is 15.3. The number of aryl methyl sites for hydroxylation is 1. The van der Waals surface area contributed by atoms with Gasteiger partial charge in [0.15, 0.2) is 6.61 Å². The van der Waals surface area contributed by atoms with Crippen molar-refractivity contribution in [1.82, 2.24) is 9.55 Å². The molecule has 0 radical (unpaired) electrons. The summed E-state index contributed by atoms with van der Waals surface area (Å²) in [5.41, 5.74) is 0.962. The van der Waals surface area contributed by atoms with E-state index in [4.69, 9.17) is 9.47 Å². The van der Waals surface area contributed by atoms with Crippen molar-refractivity contribution < 1.29 is 19.1 Å². The number of ether oxygens (including phenoxy) is 2. The van der Waals surface area contributed by atoms with E-state index in [2.05, 4.69) is 4.98 Å². The lowest BCUT2D eigenvalue weighted by atomic mass is 10.1. The highest BCUT2D eigenvalue weighted by Gasteiger charge is 2.19. The van der Waals surface area contributed by atoms with Gasteiger partial charge in [0.05, 0.1) is 29.1 Å². The minimum atomic E-state index is -0.646. The molecule has 0 atom stereocenters. The average molecular weight is 378 g/mol. The molecule has 2 heterocycles. The number of aromatic nitrogens is 2. The molecule has 7 heteroatoms. The second kappa shape index (κ2) is 7.26. The van der Waals surface area contributed by atoms with Gasteiger partial charge in [-0.1, -0.05) is 12.1 Å². The minimum Gasteiger partial charge on any atom is -0.496 e. The first-order valence-electron chi connectivity index (χ1n) is 8.95. The summed E-state index contributed by atoms with van der Waals surface area (Å²) >= 11 is 0. The average Bonchev–Trinajstić information content (AvgIpc) is 3.20. The largest absolute Gasteiger partial charge is 0.496 e. The molecule has 2 aromatic carbocycles. The third-order valence-corrected chi connectivity index (χ3v) is 4.79. The van der Waals surface area contributed by atoms with Gasteiger partial charge in [-0.2, -0.15) is 0 Å². The second-order valence-electron chi connectivity index (χ2n) is 6.52. The fourth-order valence-electron chi connectivity index (χ4n) is 3.38. The first-order valence-corrected chi connectivity index (χ1v) is 8.95. The Morgan fingerprint density at radius 2 is 2.00 bits per heavy atom. The molecule has 0 spiro atoms. The molecular formula is C21H18N2O5. The number of carbonyl (C=O) groups excluding carboxylic acids is 2. The molecule has 0 fully saturated rings. The number of benzene rings is 2. The lowest BCUT2D eigenvalue weighted by Gasteiger charge is -2.09. The molecule has 3 aromatic rings. The van der Waals surface area contributed by atoms with Crippen LogP contribution in [0.25, 0.3) is 10.9 Å². The summed E-state index contributed by atoms with van der Waals surface area (Å²) in [7, 11) is 1.47. The lowest BCUT2D eigenvalue weighted by Crippen LogP contribution is -2.21. The smallest absolute Gasteiger partial charge is 0.338 e. The van der Waals surface area contributed by atoms with E-state index in [1.54, 1.807) is 34.9 Å². The van der Waals surface area contributed by atoms with Crippen molar-refractivity contribution in [3.05, 3.63) is 69.8 Å². The molecule has 7 nitrogen and oxygen atoms in total. The Kier molecular flexibility index (Phi) is 4.65. The number of Topliss-reactive ketones (excluding diaryl/α,β-unsaturated/α-hetero) is 1. The summed E-state index contributed by atoms with van der Waals surface area (Å²) in [4.78, 5) is 41.7. The monoisotopic (exact) mass is 378 g/mol. The topological polar surface area (TPSA) is 87.5 Å². The third-order valence-electron chi connectivity index (χ3n) is 4.79. The quantitative estimate of drug-likeness (QED) is 0.500. The first-order chi connectivity index (χ1) is 13.6. The maximum Gasteiger partial charge on any atom is 0.338 e. The van der Waals surface area contributed by atoms with Gasteiger partial charge in [0, 0.05) is 13.0 Å². The van der Waals surface area contributed by atoms with E-state index in [-0.39, 0.29) is 16.9 Å². The van der Waals surface area contributed by atoms with E-state index < -0.39 is 12.6 Å². The van der Waals surface area contributed by atoms with Gasteiger partial charge in [-0.25, -0.2) is 9.78 Å². The molecule has 0 N–H and O–H groups in total. The van der Waals surface area contributed by atoms with Crippen LogP contribution in [0.4, 0.5) is 0 Å². The number of para-hydroxylation sites is 1. The van der Waals surface area contributed by atoms with E-state index in [0.717, 1.165) is 18.7 Å². The van der Waals surface area contributed by atoms with E-state index in [1.807, 2.05) is 0 Å². The van der Waals surface area contributed by atoms with Crippen LogP contribution in [0, 0.1) is 0 Å². The Labute approximate surface area is 160 Å². The highest BCUT2D eigenvalue weighted by molar-refractivity contribution is 6.01. The van der Waals surface area contributed by atoms with Crippen molar-refractivity contribution in [3.8, 4) is 5.75 Å². The number of esters is 1. The predicted molar refractivity (Wildman–Crippen MR) is 102 cm³/mol. The molecule has 1 aliphatic heterocycles. The van der Waals surface area contributed by atoms with Crippen LogP contribution >= 0.6 is 0 Å². The van der Waals surface area contributed by atoms with Gasteiger partial charge in [0.2, 0.25) is 5.78 Å². The molecule has 1 aliphatic rings. The zero-order valence-corrected chi connectivity index (χ0v) is 15.3. The van der Waals surface area contributed by atoms with E-state index in [0.29, 0.717) is 28.8 Å². The number of rotatable bonds is 5. The minimum absolute atomic E-state index is 0.0937. The summed E-state index contributed by atoms with van der Waals surface area (Å²) in [6.45, 7) is 0.267. The molecular weight excluding hydrogens is 360 g/mol. The van der Waals surface area contributed by atoms with E-state index in [9.17, 15) is 14.4 Å². The van der Waals surface area contributed by atoms with Crippen molar-refractivity contribution in [2.75, 3.05) is 13.7 Å². The van der Waals surface area contributed by atoms with Crippen molar-refractivity contribution in [3.63, 3.8) is 0 Å². The summed E-state index contributed by atoms with van der Waals surface area (Å²) in [6, 6.07) is 11.4. The fraction of sp³-hybridized carbons (Fsp3) is 0.238. The Bertz CT molecular complexity index is 1150. The van der Waals surface area contributed by atoms with Gasteiger partial charge in [0.1, 0.15) is 11.6 Å². The van der Waals surface area contributed by atoms with Crippen molar-refractivity contribution in [2.24, 2.45) is 0 Å². The van der Waals surface area contributed by atoms with Crippen LogP contribution in [0.15, 0.2) is 47.3 Å². The maximum atomic E-state index is 12.5. The highest BCUT2D eigenvalue weighted by atomic mass is 16.5. The Hall–Kier alpha value is -3.48. The van der Waals surface area contributed by atoms with E-state index in [1.165, 1.54) is 19.2 Å². The van der Waals surface area contributed by atoms with Crippen LogP contribution < -0.4 is 10.3 Å². The fourth-order valence-corrected chi connectivity index (χ4v) is 3.38. The zero-order chi connectivity index (χ0) is 19.7. The van der Waals surface area contributed by atoms with Gasteiger partial charge < -0.3 is 9.47 Å². The summed E-state index contributed by atoms with van der Waals surface area (Å²) in [5, 5.41) is 0.465. The van der Waals surface area contributed by atoms with Crippen molar-refractivity contribution in [2.45, 2.75) is 19.4 Å². The first kappa shape index (κ1) is 17.9. The van der Waals surface area contributed by atoms with E-state index >= 15 is 0 Å². The molecule has 0 unspecified atom stereocenters. The number of nitrogens with zero attached hydrogens (tertiary/aromatic N) is 2. The normalized spacial score (nSPS) is 12.6. The number of fused-ring (bicyclic) bond motifs is 2. The van der Waals surface area contributed by atoms with Gasteiger partial charge >= 0.3 is 5.97 Å². The molecule has 142 valence electrons. The standard InChI is InChI=1S/C21H18N2O5/c1-27-18-6-3-2-5-15(18)17(24)12-28-21(26)13-8-9-14-16(11-13)22-19-7-4-10-23(19)20(14)25/h2-3,5-6,8-9,11H,4,7,10,12H2,1H3. The molecule has 0 saturated carbocycles. The van der Waals surface area contributed by atoms with Crippen LogP contribution in [0.2, 0.25) is 0 Å². The Morgan fingerprint density at radius 1 is 1.18 bits per heavy atom. The van der Waals surface area contributed by atoms with Crippen LogP contribution in [-0.2, 0) is 17.7 Å². The molecule has 0 amide bonds. The predicted octanol–water partition coefficient (Wildman–Crippen LogP) is 2.39. The summed E-state index contributed by atoms with van der Waals surface area (Å²) in [5.74, 6) is 0.149. The van der Waals surface area contributed by atoms with Crippen LogP contribution in [-0.4, -0.2) is 35.0 Å². The van der Waals surface area contributed by atoms with Gasteiger partial charge in [-0.15, -0.1) is 0 Å². The lowest BCUT2D eigenvalue weighted by molar-refractivity contribution is 0.0474. The van der Waals surface area contributed by atoms with Gasteiger partial charge in [-0.3, -0.25) is 14.2 Å². The van der Waals surface area contributed by atoms with Gasteiger partial charge in [-0.05, 0) is 36.8 Å². The SMILES string of the molecule is COc1ccccc1C(=O)COC(=O)c1ccc2c(=O)n3c(nc2c1)CCC3. The van der Waals surface area contributed by atoms with Crippen LogP contribution in [0.3, 0.4) is 0 Å². The molecule has 0 bridgehead atoms. The third kappa shape index (κ3) is 3.15. The molecule has 28 heavy (non-hydrogen) atoms. The number of carbonyl (C=O) groups is 2. The molecule has 0 saturated heterocycles. The summed E-state index contributed by atoms with van der Waals surface area (Å²) in [6.07, 6.45) is 1.63. The number of methoxy groups -OCH3 is 1. The maximum absolute atomic E-state index is 12.5. The second-order valence-corrected chi connectivity index (χ2v) is 6.52. The molecule has 1 aromatic heterocycles. The molecule has 4 rings (SSSR count).